The zero-order chi connectivity index (χ0) is 18.2. The van der Waals surface area contributed by atoms with Crippen LogP contribution in [0, 0.1) is 0 Å². The molecule has 0 amide bonds. The second-order valence-corrected chi connectivity index (χ2v) is 6.60. The number of rotatable bonds is 8. The standard InChI is InChI=1S/C23H26N2O/c1-3-26-22-14-12-21(13-15-22)25-23(2,19-9-5-4-6-10-19)17-16-20-11-7-8-18-24-20/h4-15,18,25H,3,16-17H2,1-2H3/t23-/m1/s1. The summed E-state index contributed by atoms with van der Waals surface area (Å²) in [5.74, 6) is 0.896. The number of benzene rings is 2. The monoisotopic (exact) mass is 346 g/mol. The first-order valence-electron chi connectivity index (χ1n) is 9.16. The molecular weight excluding hydrogens is 320 g/mol. The molecule has 0 aliphatic carbocycles. The molecule has 2 aromatic carbocycles. The Kier molecular flexibility index (Phi) is 5.90. The lowest BCUT2D eigenvalue weighted by Crippen LogP contribution is -2.32. The van der Waals surface area contributed by atoms with Crippen molar-refractivity contribution in [1.29, 1.82) is 0 Å². The van der Waals surface area contributed by atoms with Gasteiger partial charge in [-0.15, -0.1) is 0 Å². The third kappa shape index (κ3) is 4.63. The average Bonchev–Trinajstić information content (AvgIpc) is 2.70. The van der Waals surface area contributed by atoms with Crippen molar-refractivity contribution in [2.24, 2.45) is 0 Å². The van der Waals surface area contributed by atoms with Crippen LogP contribution in [0.3, 0.4) is 0 Å². The highest BCUT2D eigenvalue weighted by atomic mass is 16.5. The van der Waals surface area contributed by atoms with Gasteiger partial charge in [0.1, 0.15) is 5.75 Å². The van der Waals surface area contributed by atoms with Crippen molar-refractivity contribution >= 4 is 5.69 Å². The molecule has 0 saturated heterocycles. The summed E-state index contributed by atoms with van der Waals surface area (Å²) in [4.78, 5) is 4.47. The van der Waals surface area contributed by atoms with Crippen molar-refractivity contribution in [2.75, 3.05) is 11.9 Å². The van der Waals surface area contributed by atoms with Crippen molar-refractivity contribution in [3.8, 4) is 5.75 Å². The van der Waals surface area contributed by atoms with E-state index in [1.165, 1.54) is 5.56 Å². The van der Waals surface area contributed by atoms with E-state index >= 15 is 0 Å². The predicted octanol–water partition coefficient (Wildman–Crippen LogP) is 5.44. The highest BCUT2D eigenvalue weighted by Crippen LogP contribution is 2.31. The summed E-state index contributed by atoms with van der Waals surface area (Å²) in [5.41, 5.74) is 3.28. The fourth-order valence-electron chi connectivity index (χ4n) is 3.13. The van der Waals surface area contributed by atoms with Crippen LogP contribution in [0.15, 0.2) is 79.0 Å². The summed E-state index contributed by atoms with van der Waals surface area (Å²) in [6, 6.07) is 24.9. The van der Waals surface area contributed by atoms with Crippen LogP contribution in [0.4, 0.5) is 5.69 Å². The van der Waals surface area contributed by atoms with Gasteiger partial charge < -0.3 is 10.1 Å². The SMILES string of the molecule is CCOc1ccc(N[C@](C)(CCc2ccccn2)c2ccccc2)cc1. The van der Waals surface area contributed by atoms with E-state index < -0.39 is 0 Å². The molecule has 1 N–H and O–H groups in total. The van der Waals surface area contributed by atoms with E-state index in [0.29, 0.717) is 6.61 Å². The van der Waals surface area contributed by atoms with Gasteiger partial charge in [0.15, 0.2) is 0 Å². The van der Waals surface area contributed by atoms with Gasteiger partial charge in [-0.05, 0) is 68.7 Å². The minimum Gasteiger partial charge on any atom is -0.494 e. The number of nitrogens with one attached hydrogen (secondary N) is 1. The van der Waals surface area contributed by atoms with Crippen molar-refractivity contribution < 1.29 is 4.74 Å². The van der Waals surface area contributed by atoms with Crippen LogP contribution in [-0.4, -0.2) is 11.6 Å². The van der Waals surface area contributed by atoms with Gasteiger partial charge in [-0.1, -0.05) is 36.4 Å². The third-order valence-corrected chi connectivity index (χ3v) is 4.60. The van der Waals surface area contributed by atoms with Gasteiger partial charge in [0.2, 0.25) is 0 Å². The second-order valence-electron chi connectivity index (χ2n) is 6.60. The number of aryl methyl sites for hydroxylation is 1. The number of nitrogens with zero attached hydrogens (tertiary/aromatic N) is 1. The van der Waals surface area contributed by atoms with Crippen LogP contribution < -0.4 is 10.1 Å². The Morgan fingerprint density at radius 1 is 0.923 bits per heavy atom. The molecule has 3 nitrogen and oxygen atoms in total. The number of ether oxygens (including phenoxy) is 1. The second kappa shape index (κ2) is 8.52. The van der Waals surface area contributed by atoms with Crippen LogP contribution in [0.25, 0.3) is 0 Å². The quantitative estimate of drug-likeness (QED) is 0.590. The highest BCUT2D eigenvalue weighted by molar-refractivity contribution is 5.50. The Labute approximate surface area is 156 Å². The Hall–Kier alpha value is -2.81. The molecule has 1 heterocycles. The largest absolute Gasteiger partial charge is 0.494 e. The Balaban J connectivity index is 1.80. The number of hydrogen-bond donors (Lipinski definition) is 1. The van der Waals surface area contributed by atoms with E-state index in [1.807, 2.05) is 37.4 Å². The van der Waals surface area contributed by atoms with Gasteiger partial charge in [0, 0.05) is 17.6 Å². The molecule has 3 aromatic rings. The zero-order valence-electron chi connectivity index (χ0n) is 15.5. The predicted molar refractivity (Wildman–Crippen MR) is 108 cm³/mol. The van der Waals surface area contributed by atoms with Gasteiger partial charge in [0.25, 0.3) is 0 Å². The Morgan fingerprint density at radius 2 is 1.65 bits per heavy atom. The summed E-state index contributed by atoms with van der Waals surface area (Å²) in [6.45, 7) is 4.93. The molecule has 0 aliphatic heterocycles. The fourth-order valence-corrected chi connectivity index (χ4v) is 3.13. The van der Waals surface area contributed by atoms with Crippen molar-refractivity contribution in [2.45, 2.75) is 32.2 Å². The maximum absolute atomic E-state index is 5.54. The average molecular weight is 346 g/mol. The van der Waals surface area contributed by atoms with Gasteiger partial charge in [-0.25, -0.2) is 0 Å². The van der Waals surface area contributed by atoms with Crippen molar-refractivity contribution in [1.82, 2.24) is 4.98 Å². The fraction of sp³-hybridized carbons (Fsp3) is 0.261. The summed E-state index contributed by atoms with van der Waals surface area (Å²) in [5, 5.41) is 3.73. The molecule has 1 atom stereocenters. The maximum atomic E-state index is 5.54. The molecule has 3 rings (SSSR count). The van der Waals surface area contributed by atoms with Crippen LogP contribution in [0.1, 0.15) is 31.5 Å². The van der Waals surface area contributed by atoms with Crippen molar-refractivity contribution in [3.63, 3.8) is 0 Å². The lowest BCUT2D eigenvalue weighted by molar-refractivity contribution is 0.340. The molecule has 1 aromatic heterocycles. The van der Waals surface area contributed by atoms with Gasteiger partial charge in [0.05, 0.1) is 12.1 Å². The highest BCUT2D eigenvalue weighted by Gasteiger charge is 2.26. The smallest absolute Gasteiger partial charge is 0.119 e. The molecule has 0 fully saturated rings. The first-order valence-corrected chi connectivity index (χ1v) is 9.16. The number of aromatic nitrogens is 1. The van der Waals surface area contributed by atoms with E-state index in [4.69, 9.17) is 4.74 Å². The molecule has 0 bridgehead atoms. The molecule has 26 heavy (non-hydrogen) atoms. The van der Waals surface area contributed by atoms with E-state index in [-0.39, 0.29) is 5.54 Å². The number of anilines is 1. The third-order valence-electron chi connectivity index (χ3n) is 4.60. The lowest BCUT2D eigenvalue weighted by atomic mass is 9.86. The summed E-state index contributed by atoms with van der Waals surface area (Å²) in [7, 11) is 0. The topological polar surface area (TPSA) is 34.1 Å². The van der Waals surface area contributed by atoms with Crippen molar-refractivity contribution in [3.05, 3.63) is 90.3 Å². The first-order chi connectivity index (χ1) is 12.7. The van der Waals surface area contributed by atoms with Crippen LogP contribution >= 0.6 is 0 Å². The number of hydrogen-bond acceptors (Lipinski definition) is 3. The Morgan fingerprint density at radius 3 is 2.31 bits per heavy atom. The number of pyridine rings is 1. The minimum absolute atomic E-state index is 0.189. The van der Waals surface area contributed by atoms with Gasteiger partial charge in [-0.2, -0.15) is 0 Å². The molecule has 0 spiro atoms. The van der Waals surface area contributed by atoms with Gasteiger partial charge in [-0.3, -0.25) is 4.98 Å². The zero-order valence-corrected chi connectivity index (χ0v) is 15.5. The molecule has 0 aliphatic rings. The molecule has 3 heteroatoms. The van der Waals surface area contributed by atoms with Gasteiger partial charge >= 0.3 is 0 Å². The van der Waals surface area contributed by atoms with E-state index in [0.717, 1.165) is 30.0 Å². The van der Waals surface area contributed by atoms with Crippen LogP contribution in [-0.2, 0) is 12.0 Å². The molecule has 0 unspecified atom stereocenters. The van der Waals surface area contributed by atoms with Crippen LogP contribution in [0.5, 0.6) is 5.75 Å². The molecule has 0 saturated carbocycles. The summed E-state index contributed by atoms with van der Waals surface area (Å²) < 4.78 is 5.54. The molecule has 0 radical (unpaired) electrons. The Bertz CT molecular complexity index is 787. The first kappa shape index (κ1) is 18.0. The van der Waals surface area contributed by atoms with E-state index in [1.54, 1.807) is 0 Å². The van der Waals surface area contributed by atoms with E-state index in [2.05, 4.69) is 65.8 Å². The summed E-state index contributed by atoms with van der Waals surface area (Å²) >= 11 is 0. The summed E-state index contributed by atoms with van der Waals surface area (Å²) in [6.07, 6.45) is 3.71. The van der Waals surface area contributed by atoms with E-state index in [9.17, 15) is 0 Å². The lowest BCUT2D eigenvalue weighted by Gasteiger charge is -2.33. The minimum atomic E-state index is -0.189. The normalized spacial score (nSPS) is 13.0. The molecular formula is C23H26N2O. The molecule has 134 valence electrons. The maximum Gasteiger partial charge on any atom is 0.119 e. The van der Waals surface area contributed by atoms with Crippen LogP contribution in [0.2, 0.25) is 0 Å².